The van der Waals surface area contributed by atoms with Crippen molar-refractivity contribution in [3.63, 3.8) is 0 Å². The van der Waals surface area contributed by atoms with E-state index in [0.29, 0.717) is 11.3 Å². The van der Waals surface area contributed by atoms with E-state index in [4.69, 9.17) is 10.5 Å². The van der Waals surface area contributed by atoms with Crippen LogP contribution in [0.2, 0.25) is 0 Å². The molecule has 1 atom stereocenters. The van der Waals surface area contributed by atoms with Crippen LogP contribution in [0.25, 0.3) is 0 Å². The van der Waals surface area contributed by atoms with E-state index in [1.54, 1.807) is 12.1 Å². The molecule has 0 saturated heterocycles. The third-order valence-electron chi connectivity index (χ3n) is 2.44. The molecule has 0 aliphatic heterocycles. The van der Waals surface area contributed by atoms with E-state index in [9.17, 15) is 4.39 Å². The number of methoxy groups -OCH3 is 1. The van der Waals surface area contributed by atoms with Crippen LogP contribution in [0.3, 0.4) is 0 Å². The van der Waals surface area contributed by atoms with Gasteiger partial charge >= 0.3 is 0 Å². The average Bonchev–Trinajstić information content (AvgIpc) is 2.75. The number of nitrogens with two attached hydrogens (primary N) is 1. The van der Waals surface area contributed by atoms with Crippen molar-refractivity contribution in [2.24, 2.45) is 5.73 Å². The maximum atomic E-state index is 13.8. The van der Waals surface area contributed by atoms with Crippen LogP contribution in [-0.2, 0) is 0 Å². The summed E-state index contributed by atoms with van der Waals surface area (Å²) in [4.78, 5) is 0.918. The lowest BCUT2D eigenvalue weighted by atomic mass is 10.1. The first-order chi connectivity index (χ1) is 8.11. The Kier molecular flexibility index (Phi) is 3.81. The lowest BCUT2D eigenvalue weighted by Gasteiger charge is -2.12. The van der Waals surface area contributed by atoms with Gasteiger partial charge in [-0.2, -0.15) is 0 Å². The van der Waals surface area contributed by atoms with Gasteiger partial charge in [0.2, 0.25) is 0 Å². The zero-order chi connectivity index (χ0) is 12.4. The van der Waals surface area contributed by atoms with Gasteiger partial charge < -0.3 is 10.5 Å². The van der Waals surface area contributed by atoms with Gasteiger partial charge in [-0.25, -0.2) is 4.39 Å². The Hall–Kier alpha value is -0.910. The Morgan fingerprint density at radius 2 is 2.12 bits per heavy atom. The number of benzene rings is 1. The van der Waals surface area contributed by atoms with Crippen LogP contribution < -0.4 is 10.5 Å². The van der Waals surface area contributed by atoms with Crippen LogP contribution in [0.5, 0.6) is 5.75 Å². The van der Waals surface area contributed by atoms with Gasteiger partial charge in [-0.1, -0.05) is 6.07 Å². The molecule has 17 heavy (non-hydrogen) atoms. The van der Waals surface area contributed by atoms with E-state index in [-0.39, 0.29) is 5.82 Å². The first kappa shape index (κ1) is 12.5. The maximum Gasteiger partial charge on any atom is 0.132 e. The van der Waals surface area contributed by atoms with E-state index in [1.165, 1.54) is 24.5 Å². The summed E-state index contributed by atoms with van der Waals surface area (Å²) in [6, 6.07) is 8.06. The van der Waals surface area contributed by atoms with Gasteiger partial charge in [-0.3, -0.25) is 0 Å². The highest BCUT2D eigenvalue weighted by Crippen LogP contribution is 2.31. The number of thiophene rings is 1. The van der Waals surface area contributed by atoms with Crippen molar-refractivity contribution in [3.8, 4) is 5.75 Å². The summed E-state index contributed by atoms with van der Waals surface area (Å²) in [6.07, 6.45) is 0. The van der Waals surface area contributed by atoms with Crippen LogP contribution in [0.15, 0.2) is 34.1 Å². The molecule has 5 heteroatoms. The van der Waals surface area contributed by atoms with E-state index in [1.807, 2.05) is 12.1 Å². The number of halogens is 2. The highest BCUT2D eigenvalue weighted by atomic mass is 79.9. The third-order valence-corrected chi connectivity index (χ3v) is 4.15. The van der Waals surface area contributed by atoms with Crippen LogP contribution in [0.1, 0.15) is 16.5 Å². The molecule has 0 spiro atoms. The predicted molar refractivity (Wildman–Crippen MR) is 71.0 cm³/mol. The smallest absolute Gasteiger partial charge is 0.132 e. The minimum atomic E-state index is -0.447. The van der Waals surface area contributed by atoms with Gasteiger partial charge in [0.25, 0.3) is 0 Å². The molecule has 0 amide bonds. The van der Waals surface area contributed by atoms with Gasteiger partial charge in [-0.15, -0.1) is 11.3 Å². The fourth-order valence-corrected chi connectivity index (χ4v) is 2.98. The van der Waals surface area contributed by atoms with E-state index in [0.717, 1.165) is 8.66 Å². The Bertz CT molecular complexity index is 529. The summed E-state index contributed by atoms with van der Waals surface area (Å²) >= 11 is 4.87. The van der Waals surface area contributed by atoms with Gasteiger partial charge in [0.05, 0.1) is 16.9 Å². The number of ether oxygens (including phenoxy) is 1. The van der Waals surface area contributed by atoms with Crippen LogP contribution in [0, 0.1) is 5.82 Å². The Morgan fingerprint density at radius 3 is 2.65 bits per heavy atom. The topological polar surface area (TPSA) is 35.2 Å². The summed E-state index contributed by atoms with van der Waals surface area (Å²) in [7, 11) is 1.50. The van der Waals surface area contributed by atoms with Crippen LogP contribution >= 0.6 is 27.3 Å². The molecule has 0 fully saturated rings. The normalized spacial score (nSPS) is 12.5. The van der Waals surface area contributed by atoms with Crippen LogP contribution in [0.4, 0.5) is 4.39 Å². The predicted octanol–water partition coefficient (Wildman–Crippen LogP) is 3.71. The summed E-state index contributed by atoms with van der Waals surface area (Å²) in [5, 5.41) is 0. The summed E-state index contributed by atoms with van der Waals surface area (Å²) in [5.41, 5.74) is 6.50. The molecule has 0 aliphatic carbocycles. The molecule has 1 heterocycles. The van der Waals surface area contributed by atoms with E-state index >= 15 is 0 Å². The molecule has 1 aromatic carbocycles. The standard InChI is InChI=1S/C12H11BrFNOS/c1-16-7-2-3-8(9(14)6-7)12(15)10-4-5-11(13)17-10/h2-6,12H,15H2,1H3. The minimum Gasteiger partial charge on any atom is -0.497 e. The second-order valence-electron chi connectivity index (χ2n) is 3.51. The molecular formula is C12H11BrFNOS. The van der Waals surface area contributed by atoms with Crippen molar-refractivity contribution in [3.05, 3.63) is 50.4 Å². The fourth-order valence-electron chi connectivity index (χ4n) is 1.54. The Balaban J connectivity index is 2.34. The lowest BCUT2D eigenvalue weighted by Crippen LogP contribution is -2.12. The molecule has 2 nitrogen and oxygen atoms in total. The first-order valence-electron chi connectivity index (χ1n) is 4.96. The van der Waals surface area contributed by atoms with Crippen molar-refractivity contribution in [1.29, 1.82) is 0 Å². The summed E-state index contributed by atoms with van der Waals surface area (Å²) in [5.74, 6) is 0.146. The molecule has 90 valence electrons. The molecule has 0 radical (unpaired) electrons. The molecule has 2 rings (SSSR count). The second-order valence-corrected chi connectivity index (χ2v) is 6.00. The Labute approximate surface area is 111 Å². The summed E-state index contributed by atoms with van der Waals surface area (Å²) in [6.45, 7) is 0. The molecule has 0 saturated carbocycles. The molecule has 1 unspecified atom stereocenters. The largest absolute Gasteiger partial charge is 0.497 e. The lowest BCUT2D eigenvalue weighted by molar-refractivity contribution is 0.410. The van der Waals surface area contributed by atoms with Gasteiger partial charge in [0.1, 0.15) is 11.6 Å². The van der Waals surface area contributed by atoms with E-state index < -0.39 is 6.04 Å². The molecule has 0 aliphatic rings. The Morgan fingerprint density at radius 1 is 1.35 bits per heavy atom. The zero-order valence-electron chi connectivity index (χ0n) is 9.11. The average molecular weight is 316 g/mol. The third kappa shape index (κ3) is 2.68. The SMILES string of the molecule is COc1ccc(C(N)c2ccc(Br)s2)c(F)c1. The highest BCUT2D eigenvalue weighted by molar-refractivity contribution is 9.11. The van der Waals surface area contributed by atoms with Crippen molar-refractivity contribution in [2.45, 2.75) is 6.04 Å². The van der Waals surface area contributed by atoms with Gasteiger partial charge in [0.15, 0.2) is 0 Å². The zero-order valence-corrected chi connectivity index (χ0v) is 11.5. The molecule has 1 aromatic heterocycles. The van der Waals surface area contributed by atoms with Crippen molar-refractivity contribution < 1.29 is 9.13 Å². The van der Waals surface area contributed by atoms with Crippen molar-refractivity contribution in [1.82, 2.24) is 0 Å². The molecule has 2 aromatic rings. The van der Waals surface area contributed by atoms with Crippen molar-refractivity contribution >= 4 is 27.3 Å². The molecular weight excluding hydrogens is 305 g/mol. The number of hydrogen-bond donors (Lipinski definition) is 1. The quantitative estimate of drug-likeness (QED) is 0.937. The van der Waals surface area contributed by atoms with Crippen molar-refractivity contribution in [2.75, 3.05) is 7.11 Å². The van der Waals surface area contributed by atoms with Gasteiger partial charge in [0, 0.05) is 16.5 Å². The van der Waals surface area contributed by atoms with E-state index in [2.05, 4.69) is 15.9 Å². The van der Waals surface area contributed by atoms with Gasteiger partial charge in [-0.05, 0) is 34.1 Å². The maximum absolute atomic E-state index is 13.8. The summed E-state index contributed by atoms with van der Waals surface area (Å²) < 4.78 is 19.7. The van der Waals surface area contributed by atoms with Crippen LogP contribution in [-0.4, -0.2) is 7.11 Å². The second kappa shape index (κ2) is 5.16. The number of rotatable bonds is 3. The first-order valence-corrected chi connectivity index (χ1v) is 6.57. The molecule has 0 bridgehead atoms. The number of hydrogen-bond acceptors (Lipinski definition) is 3. The monoisotopic (exact) mass is 315 g/mol. The highest BCUT2D eigenvalue weighted by Gasteiger charge is 2.15. The molecule has 2 N–H and O–H groups in total. The minimum absolute atomic E-state index is 0.346. The fraction of sp³-hybridized carbons (Fsp3) is 0.167.